The van der Waals surface area contributed by atoms with Crippen LogP contribution in [0.25, 0.3) is 33.5 Å². The Bertz CT molecular complexity index is 1390. The van der Waals surface area contributed by atoms with Crippen LogP contribution in [0.4, 0.5) is 0 Å². The first kappa shape index (κ1) is 20.8. The predicted octanol–water partition coefficient (Wildman–Crippen LogP) is 5.77. The topological polar surface area (TPSA) is 80.9 Å². The predicted molar refractivity (Wildman–Crippen MR) is 129 cm³/mol. The Morgan fingerprint density at radius 3 is 2.39 bits per heavy atom. The summed E-state index contributed by atoms with van der Waals surface area (Å²) in [5.41, 5.74) is 5.18. The molecule has 162 valence electrons. The number of rotatable bonds is 6. The van der Waals surface area contributed by atoms with E-state index >= 15 is 0 Å². The molecule has 1 N–H and O–H groups in total. The van der Waals surface area contributed by atoms with E-state index in [9.17, 15) is 4.79 Å². The molecule has 0 aliphatic rings. The smallest absolute Gasteiger partial charge is 0.251 e. The zero-order chi connectivity index (χ0) is 22.6. The van der Waals surface area contributed by atoms with Crippen molar-refractivity contribution < 1.29 is 9.21 Å². The van der Waals surface area contributed by atoms with Crippen LogP contribution in [-0.2, 0) is 6.54 Å². The quantitative estimate of drug-likeness (QED) is 0.354. The fourth-order valence-corrected chi connectivity index (χ4v) is 4.23. The first-order valence-corrected chi connectivity index (χ1v) is 11.3. The fourth-order valence-electron chi connectivity index (χ4n) is 3.40. The summed E-state index contributed by atoms with van der Waals surface area (Å²) in [6.07, 6.45) is 0. The molecule has 33 heavy (non-hydrogen) atoms. The van der Waals surface area contributed by atoms with Crippen LogP contribution in [0.2, 0.25) is 0 Å². The Labute approximate surface area is 195 Å². The van der Waals surface area contributed by atoms with E-state index in [1.807, 2.05) is 66.9 Å². The van der Waals surface area contributed by atoms with Gasteiger partial charge in [-0.25, -0.2) is 4.98 Å². The number of benzene rings is 3. The summed E-state index contributed by atoms with van der Waals surface area (Å²) >= 11 is 1.57. The summed E-state index contributed by atoms with van der Waals surface area (Å²) in [6.45, 7) is 2.37. The molecule has 0 aliphatic carbocycles. The number of nitrogens with one attached hydrogen (secondary N) is 1. The third-order valence-electron chi connectivity index (χ3n) is 5.20. The van der Waals surface area contributed by atoms with Crippen molar-refractivity contribution in [3.63, 3.8) is 0 Å². The Morgan fingerprint density at radius 2 is 1.61 bits per heavy atom. The maximum absolute atomic E-state index is 12.6. The molecule has 0 bridgehead atoms. The second-order valence-electron chi connectivity index (χ2n) is 7.50. The van der Waals surface area contributed by atoms with E-state index in [0.29, 0.717) is 23.9 Å². The molecule has 5 aromatic rings. The zero-order valence-corrected chi connectivity index (χ0v) is 18.7. The number of carbonyl (C=O) groups excluding carboxylic acids is 1. The number of thiazole rings is 1. The average Bonchev–Trinajstić information content (AvgIpc) is 3.54. The number of carbonyl (C=O) groups is 1. The van der Waals surface area contributed by atoms with Crippen molar-refractivity contribution in [3.8, 4) is 33.5 Å². The van der Waals surface area contributed by atoms with Crippen LogP contribution in [0, 0.1) is 6.92 Å². The van der Waals surface area contributed by atoms with Crippen molar-refractivity contribution >= 4 is 17.2 Å². The molecule has 5 rings (SSSR count). The number of hydrogen-bond donors (Lipinski definition) is 1. The SMILES string of the molecule is Cc1ccccc1-c1nnc(-c2ccc(C(=O)NCc3csc(-c4ccccc4)n3)cc2)o1. The molecule has 6 nitrogen and oxygen atoms in total. The monoisotopic (exact) mass is 452 g/mol. The van der Waals surface area contributed by atoms with Gasteiger partial charge in [0, 0.05) is 27.6 Å². The second kappa shape index (κ2) is 9.18. The van der Waals surface area contributed by atoms with Gasteiger partial charge in [0.05, 0.1) is 12.2 Å². The molecule has 0 saturated heterocycles. The minimum Gasteiger partial charge on any atom is -0.416 e. The van der Waals surface area contributed by atoms with Gasteiger partial charge in [0.25, 0.3) is 5.91 Å². The number of amides is 1. The lowest BCUT2D eigenvalue weighted by Crippen LogP contribution is -2.22. The molecule has 0 spiro atoms. The van der Waals surface area contributed by atoms with E-state index in [-0.39, 0.29) is 5.91 Å². The molecular weight excluding hydrogens is 432 g/mol. The molecule has 1 amide bonds. The van der Waals surface area contributed by atoms with Crippen LogP contribution < -0.4 is 5.32 Å². The van der Waals surface area contributed by atoms with Gasteiger partial charge < -0.3 is 9.73 Å². The van der Waals surface area contributed by atoms with Gasteiger partial charge in [-0.05, 0) is 42.8 Å². The summed E-state index contributed by atoms with van der Waals surface area (Å²) in [5, 5.41) is 14.2. The van der Waals surface area contributed by atoms with Crippen LogP contribution in [-0.4, -0.2) is 21.1 Å². The Hall–Kier alpha value is -4.10. The van der Waals surface area contributed by atoms with E-state index in [4.69, 9.17) is 4.42 Å². The highest BCUT2D eigenvalue weighted by Crippen LogP contribution is 2.26. The van der Waals surface area contributed by atoms with Crippen LogP contribution in [0.5, 0.6) is 0 Å². The van der Waals surface area contributed by atoms with Crippen LogP contribution in [0.3, 0.4) is 0 Å². The van der Waals surface area contributed by atoms with Crippen LogP contribution in [0.1, 0.15) is 21.6 Å². The average molecular weight is 453 g/mol. The van der Waals surface area contributed by atoms with E-state index in [2.05, 4.69) is 20.5 Å². The van der Waals surface area contributed by atoms with Gasteiger partial charge in [0.2, 0.25) is 11.8 Å². The number of hydrogen-bond acceptors (Lipinski definition) is 6. The molecule has 7 heteroatoms. The fraction of sp³-hybridized carbons (Fsp3) is 0.0769. The van der Waals surface area contributed by atoms with Crippen molar-refractivity contribution in [1.29, 1.82) is 0 Å². The third kappa shape index (κ3) is 4.58. The van der Waals surface area contributed by atoms with Gasteiger partial charge in [0.15, 0.2) is 0 Å². The van der Waals surface area contributed by atoms with Gasteiger partial charge in [-0.1, -0.05) is 48.5 Å². The van der Waals surface area contributed by atoms with Gasteiger partial charge in [-0.2, -0.15) is 0 Å². The highest BCUT2D eigenvalue weighted by Gasteiger charge is 2.13. The van der Waals surface area contributed by atoms with Crippen molar-refractivity contribution in [2.24, 2.45) is 0 Å². The lowest BCUT2D eigenvalue weighted by atomic mass is 10.1. The van der Waals surface area contributed by atoms with E-state index in [1.54, 1.807) is 35.6 Å². The Morgan fingerprint density at radius 1 is 0.879 bits per heavy atom. The van der Waals surface area contributed by atoms with Gasteiger partial charge in [-0.15, -0.1) is 21.5 Å². The molecule has 2 aromatic heterocycles. The number of nitrogens with zero attached hydrogens (tertiary/aromatic N) is 3. The molecule has 0 aliphatic heterocycles. The lowest BCUT2D eigenvalue weighted by molar-refractivity contribution is 0.0950. The molecule has 0 radical (unpaired) electrons. The summed E-state index contributed by atoms with van der Waals surface area (Å²) in [7, 11) is 0. The lowest BCUT2D eigenvalue weighted by Gasteiger charge is -2.04. The first-order chi connectivity index (χ1) is 16.2. The van der Waals surface area contributed by atoms with E-state index < -0.39 is 0 Å². The van der Waals surface area contributed by atoms with Crippen molar-refractivity contribution in [1.82, 2.24) is 20.5 Å². The maximum atomic E-state index is 12.6. The highest BCUT2D eigenvalue weighted by molar-refractivity contribution is 7.13. The zero-order valence-electron chi connectivity index (χ0n) is 17.9. The van der Waals surface area contributed by atoms with Gasteiger partial charge in [-0.3, -0.25) is 4.79 Å². The first-order valence-electron chi connectivity index (χ1n) is 10.5. The van der Waals surface area contributed by atoms with Crippen LogP contribution >= 0.6 is 11.3 Å². The normalized spacial score (nSPS) is 10.8. The maximum Gasteiger partial charge on any atom is 0.251 e. The summed E-state index contributed by atoms with van der Waals surface area (Å²) < 4.78 is 5.85. The van der Waals surface area contributed by atoms with Crippen LogP contribution in [0.15, 0.2) is 88.7 Å². The van der Waals surface area contributed by atoms with E-state index in [0.717, 1.165) is 33.0 Å². The third-order valence-corrected chi connectivity index (χ3v) is 6.14. The summed E-state index contributed by atoms with van der Waals surface area (Å²) in [5.74, 6) is 0.723. The molecule has 0 saturated carbocycles. The Balaban J connectivity index is 1.23. The van der Waals surface area contributed by atoms with E-state index in [1.165, 1.54) is 0 Å². The molecule has 0 atom stereocenters. The standard InChI is InChI=1S/C26H20N4O2S/c1-17-7-5-6-10-22(17)25-30-29-24(32-25)19-13-11-18(12-14-19)23(31)27-15-21-16-33-26(28-21)20-8-3-2-4-9-20/h2-14,16H,15H2,1H3,(H,27,31). The largest absolute Gasteiger partial charge is 0.416 e. The van der Waals surface area contributed by atoms with Crippen molar-refractivity contribution in [2.45, 2.75) is 13.5 Å². The Kier molecular flexibility index (Phi) is 5.78. The molecule has 3 aromatic carbocycles. The highest BCUT2D eigenvalue weighted by atomic mass is 32.1. The minimum absolute atomic E-state index is 0.165. The number of aromatic nitrogens is 3. The number of aryl methyl sites for hydroxylation is 1. The van der Waals surface area contributed by atoms with Gasteiger partial charge >= 0.3 is 0 Å². The minimum atomic E-state index is -0.165. The van der Waals surface area contributed by atoms with Gasteiger partial charge in [0.1, 0.15) is 5.01 Å². The second-order valence-corrected chi connectivity index (χ2v) is 8.36. The molecule has 2 heterocycles. The van der Waals surface area contributed by atoms with Crippen molar-refractivity contribution in [2.75, 3.05) is 0 Å². The summed E-state index contributed by atoms with van der Waals surface area (Å²) in [4.78, 5) is 17.2. The van der Waals surface area contributed by atoms with Crippen molar-refractivity contribution in [3.05, 3.63) is 101 Å². The summed E-state index contributed by atoms with van der Waals surface area (Å²) in [6, 6.07) is 25.0. The molecular formula is C26H20N4O2S. The molecule has 0 unspecified atom stereocenters. The molecule has 0 fully saturated rings.